The van der Waals surface area contributed by atoms with Crippen molar-refractivity contribution >= 4 is 91.5 Å². The van der Waals surface area contributed by atoms with Crippen molar-refractivity contribution in [1.82, 2.24) is 30.1 Å². The zero-order chi connectivity index (χ0) is 51.1. The summed E-state index contributed by atoms with van der Waals surface area (Å²) in [6.45, 7) is 9.00. The van der Waals surface area contributed by atoms with E-state index in [1.54, 1.807) is 20.4 Å². The Bertz CT molecular complexity index is 2960. The molecule has 4 saturated heterocycles. The number of imide groups is 1. The molecule has 15 nitrogen and oxygen atoms in total. The maximum absolute atomic E-state index is 15.3. The molecule has 2 aromatic heterocycles. The molecule has 5 aromatic rings. The lowest BCUT2D eigenvalue weighted by molar-refractivity contribution is -0.141. The van der Waals surface area contributed by atoms with Gasteiger partial charge in [0.15, 0.2) is 0 Å². The summed E-state index contributed by atoms with van der Waals surface area (Å²) >= 11 is 3.67. The Balaban J connectivity index is 0.733. The van der Waals surface area contributed by atoms with E-state index in [1.165, 1.54) is 17.7 Å². The molecule has 10 rings (SSSR count). The van der Waals surface area contributed by atoms with Gasteiger partial charge in [0.1, 0.15) is 30.3 Å². The maximum atomic E-state index is 15.3. The summed E-state index contributed by atoms with van der Waals surface area (Å²) in [5, 5.41) is 10.9. The van der Waals surface area contributed by atoms with Gasteiger partial charge in [0.05, 0.1) is 34.4 Å². The van der Waals surface area contributed by atoms with Crippen LogP contribution in [-0.4, -0.2) is 120 Å². The minimum atomic E-state index is -2.66. The van der Waals surface area contributed by atoms with E-state index in [0.717, 1.165) is 104 Å². The van der Waals surface area contributed by atoms with E-state index in [-0.39, 0.29) is 36.3 Å². The van der Waals surface area contributed by atoms with Gasteiger partial charge in [-0.1, -0.05) is 19.9 Å². The number of carbonyl (C=O) groups is 3. The van der Waals surface area contributed by atoms with Gasteiger partial charge in [-0.2, -0.15) is 4.98 Å². The molecule has 3 amide bonds. The number of ether oxygens (including phenoxy) is 1. The summed E-state index contributed by atoms with van der Waals surface area (Å²) in [5.41, 5.74) is 5.75. The number of pyridine rings is 1. The highest BCUT2D eigenvalue weighted by Crippen LogP contribution is 2.54. The quantitative estimate of drug-likeness (QED) is 0.0714. The Morgan fingerprint density at radius 2 is 1.63 bits per heavy atom. The lowest BCUT2D eigenvalue weighted by atomic mass is 9.78. The molecule has 19 heteroatoms. The van der Waals surface area contributed by atoms with Crippen LogP contribution in [0, 0.1) is 17.6 Å². The van der Waals surface area contributed by atoms with Crippen molar-refractivity contribution in [2.75, 3.05) is 86.2 Å². The fourth-order valence-corrected chi connectivity index (χ4v) is 15.3. The number of hydrogen-bond acceptors (Lipinski definition) is 13. The van der Waals surface area contributed by atoms with Crippen molar-refractivity contribution in [3.8, 4) is 5.75 Å². The van der Waals surface area contributed by atoms with Crippen molar-refractivity contribution in [3.63, 3.8) is 0 Å². The molecule has 1 unspecified atom stereocenters. The summed E-state index contributed by atoms with van der Waals surface area (Å²) in [6, 6.07) is 15.2. The van der Waals surface area contributed by atoms with Gasteiger partial charge in [0, 0.05) is 129 Å². The Morgan fingerprint density at radius 3 is 2.30 bits per heavy atom. The summed E-state index contributed by atoms with van der Waals surface area (Å²) in [6.07, 6.45) is 9.89. The van der Waals surface area contributed by atoms with Crippen molar-refractivity contribution in [3.05, 3.63) is 87.7 Å². The summed E-state index contributed by atoms with van der Waals surface area (Å²) < 4.78 is 51.8. The Kier molecular flexibility index (Phi) is 14.8. The third-order valence-electron chi connectivity index (χ3n) is 16.0. The van der Waals surface area contributed by atoms with E-state index in [2.05, 4.69) is 78.7 Å². The highest BCUT2D eigenvalue weighted by molar-refractivity contribution is 9.10. The zero-order valence-electron chi connectivity index (χ0n) is 42.0. The maximum Gasteiger partial charge on any atom is 0.234 e. The number of piperidine rings is 2. The van der Waals surface area contributed by atoms with Crippen LogP contribution in [-0.2, 0) is 31.8 Å². The van der Waals surface area contributed by atoms with Gasteiger partial charge in [-0.05, 0) is 116 Å². The number of benzene rings is 3. The number of methoxy groups -OCH3 is 1. The van der Waals surface area contributed by atoms with E-state index >= 15 is 8.78 Å². The number of fused-ring (bicyclic) bond motifs is 1. The van der Waals surface area contributed by atoms with E-state index in [4.69, 9.17) is 14.7 Å². The van der Waals surface area contributed by atoms with Crippen LogP contribution >= 0.6 is 23.1 Å². The molecule has 6 heterocycles. The number of rotatable bonds is 14. The van der Waals surface area contributed by atoms with Gasteiger partial charge in [0.25, 0.3) is 0 Å². The first-order valence-electron chi connectivity index (χ1n) is 25.9. The second-order valence-corrected chi connectivity index (χ2v) is 24.2. The second kappa shape index (κ2) is 21.3. The van der Waals surface area contributed by atoms with Gasteiger partial charge >= 0.3 is 0 Å². The molecule has 73 heavy (non-hydrogen) atoms. The molecule has 3 N–H and O–H groups in total. The summed E-state index contributed by atoms with van der Waals surface area (Å²) in [4.78, 5) is 60.8. The number of hydrogen-bond donors (Lipinski definition) is 3. The van der Waals surface area contributed by atoms with E-state index in [9.17, 15) is 18.9 Å². The molecule has 4 aliphatic heterocycles. The lowest BCUT2D eigenvalue weighted by Crippen LogP contribution is -2.57. The zero-order valence-corrected chi connectivity index (χ0v) is 44.5. The van der Waals surface area contributed by atoms with Crippen LogP contribution in [0.15, 0.2) is 59.2 Å². The third-order valence-corrected chi connectivity index (χ3v) is 20.0. The Hall–Kier alpha value is -5.71. The van der Waals surface area contributed by atoms with Crippen LogP contribution in [0.25, 0.3) is 10.9 Å². The number of halogens is 3. The van der Waals surface area contributed by atoms with Crippen molar-refractivity contribution in [2.45, 2.75) is 96.1 Å². The first-order valence-corrected chi connectivity index (χ1v) is 28.7. The molecule has 386 valence electrons. The molecule has 0 radical (unpaired) electrons. The standard InChI is InChI=1S/C54H64BrF2N10O5P/c1-5-32-27-45(61-54-58-31-40(55)51(63-54)60-44-13-12-43-38(10-9-34(6-2)59-43)50(44)73(71)23-7-8-24-73)47(72-4)30-46(32)66-17-15-35(16-18-66)65-19-21-67(22-20-65)53(70)33-25-36(26-33)64(3)37-28-41(56)49(42(57)29-37)39-11-14-48(68)62-52(39)69/h9-10,12-13,27-31,33,35-36,39H,5-8,11,14-26H2,1-4H3,(H,62,68,69)(H2,58,60,61,63). The summed E-state index contributed by atoms with van der Waals surface area (Å²) in [5.74, 6) is -2.18. The molecule has 3 aromatic carbocycles. The smallest absolute Gasteiger partial charge is 0.234 e. The van der Waals surface area contributed by atoms with Crippen LogP contribution < -0.4 is 35.8 Å². The highest BCUT2D eigenvalue weighted by Gasteiger charge is 2.41. The van der Waals surface area contributed by atoms with Crippen LogP contribution in [0.2, 0.25) is 0 Å². The number of nitrogens with zero attached hydrogens (tertiary/aromatic N) is 7. The SMILES string of the molecule is CCc1ccc2c(P3(=O)CCCC3)c(Nc3nc(Nc4cc(CC)c(N5CCC(N6CCN(C(=O)C7CC(N(C)c8cc(F)c(C9CCC(=O)NC9=O)c(F)c8)C7)CC6)CC5)cc4OC)ncc3Br)ccc2n1. The first kappa shape index (κ1) is 50.8. The molecular weight excluding hydrogens is 1020 g/mol. The van der Waals surface area contributed by atoms with Gasteiger partial charge < -0.3 is 34.6 Å². The van der Waals surface area contributed by atoms with Gasteiger partial charge in [-0.3, -0.25) is 29.6 Å². The number of aromatic nitrogens is 3. The average Bonchev–Trinajstić information content (AvgIpc) is 3.83. The Morgan fingerprint density at radius 1 is 0.904 bits per heavy atom. The fourth-order valence-electron chi connectivity index (χ4n) is 11.7. The number of anilines is 6. The lowest BCUT2D eigenvalue weighted by Gasteiger charge is -2.46. The van der Waals surface area contributed by atoms with Crippen LogP contribution in [0.4, 0.5) is 43.3 Å². The predicted octanol–water partition coefficient (Wildman–Crippen LogP) is 9.02. The average molecular weight is 1080 g/mol. The number of piperazine rings is 1. The van der Waals surface area contributed by atoms with E-state index in [0.29, 0.717) is 72.0 Å². The second-order valence-electron chi connectivity index (χ2n) is 20.2. The summed E-state index contributed by atoms with van der Waals surface area (Å²) in [7, 11) is 0.791. The minimum absolute atomic E-state index is 0.0316. The monoisotopic (exact) mass is 1080 g/mol. The highest BCUT2D eigenvalue weighted by atomic mass is 79.9. The molecule has 0 bridgehead atoms. The normalized spacial score (nSPS) is 21.5. The van der Waals surface area contributed by atoms with Gasteiger partial charge in [-0.15, -0.1) is 0 Å². The minimum Gasteiger partial charge on any atom is -0.494 e. The molecular formula is C54H64BrF2N10O5P. The van der Waals surface area contributed by atoms with E-state index < -0.39 is 36.5 Å². The van der Waals surface area contributed by atoms with Crippen molar-refractivity contribution < 1.29 is 32.5 Å². The fraction of sp³-hybridized carbons (Fsp3) is 0.481. The molecule has 1 atom stereocenters. The Labute approximate surface area is 433 Å². The number of nitrogens with one attached hydrogen (secondary N) is 3. The number of amides is 3. The van der Waals surface area contributed by atoms with Crippen molar-refractivity contribution in [2.24, 2.45) is 5.92 Å². The predicted molar refractivity (Wildman–Crippen MR) is 286 cm³/mol. The van der Waals surface area contributed by atoms with Gasteiger partial charge in [-0.25, -0.2) is 13.8 Å². The van der Waals surface area contributed by atoms with Crippen LogP contribution in [0.3, 0.4) is 0 Å². The number of carbonyl (C=O) groups excluding carboxylic acids is 3. The van der Waals surface area contributed by atoms with Crippen molar-refractivity contribution in [1.29, 1.82) is 0 Å². The largest absolute Gasteiger partial charge is 0.494 e. The van der Waals surface area contributed by atoms with Gasteiger partial charge in [0.2, 0.25) is 23.7 Å². The van der Waals surface area contributed by atoms with Crippen LogP contribution in [0.1, 0.15) is 88.0 Å². The third kappa shape index (κ3) is 10.3. The first-order chi connectivity index (χ1) is 35.2. The van der Waals surface area contributed by atoms with Crippen LogP contribution in [0.5, 0.6) is 5.75 Å². The molecule has 1 saturated carbocycles. The molecule has 1 aliphatic carbocycles. The van der Waals surface area contributed by atoms with E-state index in [1.807, 2.05) is 28.0 Å². The molecule has 5 aliphatic rings. The number of aryl methyl sites for hydroxylation is 2. The molecule has 0 spiro atoms. The topological polar surface area (TPSA) is 165 Å². The molecule has 5 fully saturated rings.